The Morgan fingerprint density at radius 1 is 1.27 bits per heavy atom. The Morgan fingerprint density at radius 3 is 2.82 bits per heavy atom. The molecular weight excluding hydrogens is 509 g/mol. The second-order valence-corrected chi connectivity index (χ2v) is 12.3. The van der Waals surface area contributed by atoms with Gasteiger partial charge in [0.1, 0.15) is 16.1 Å². The first-order valence-electron chi connectivity index (χ1n) is 10.5. The van der Waals surface area contributed by atoms with Gasteiger partial charge in [0.15, 0.2) is 4.80 Å². The number of amides is 1. The predicted molar refractivity (Wildman–Crippen MR) is 128 cm³/mol. The Kier molecular flexibility index (Phi) is 7.66. The van der Waals surface area contributed by atoms with Crippen molar-refractivity contribution in [3.05, 3.63) is 45.3 Å². The van der Waals surface area contributed by atoms with Crippen LogP contribution >= 0.6 is 34.3 Å². The van der Waals surface area contributed by atoms with Crippen molar-refractivity contribution in [3.63, 3.8) is 0 Å². The number of halogens is 2. The van der Waals surface area contributed by atoms with Crippen LogP contribution in [-0.4, -0.2) is 49.0 Å². The van der Waals surface area contributed by atoms with E-state index in [9.17, 15) is 17.6 Å². The number of fused-ring (bicyclic) bond motifs is 1. The zero-order chi connectivity index (χ0) is 23.6. The molecule has 0 radical (unpaired) electrons. The van der Waals surface area contributed by atoms with Crippen LogP contribution in [0.15, 0.2) is 39.5 Å². The second kappa shape index (κ2) is 10.3. The third-order valence-electron chi connectivity index (χ3n) is 5.37. The first-order chi connectivity index (χ1) is 15.8. The van der Waals surface area contributed by atoms with Crippen molar-refractivity contribution in [1.82, 2.24) is 8.87 Å². The fraction of sp³-hybridized carbons (Fsp3) is 0.429. The molecule has 1 amide bonds. The lowest BCUT2D eigenvalue weighted by Crippen LogP contribution is -2.47. The molecule has 1 fully saturated rings. The molecule has 1 atom stereocenters. The van der Waals surface area contributed by atoms with Crippen molar-refractivity contribution in [2.24, 2.45) is 4.99 Å². The van der Waals surface area contributed by atoms with E-state index in [1.54, 1.807) is 16.7 Å². The van der Waals surface area contributed by atoms with Crippen molar-refractivity contribution in [2.45, 2.75) is 43.0 Å². The van der Waals surface area contributed by atoms with Crippen LogP contribution in [0.3, 0.4) is 0 Å². The Balaban J connectivity index is 1.73. The number of aromatic nitrogens is 1. The summed E-state index contributed by atoms with van der Waals surface area (Å²) in [6.07, 6.45) is 1.75. The van der Waals surface area contributed by atoms with E-state index in [-0.39, 0.29) is 10.8 Å². The number of carbonyl (C=O) groups excluding carboxylic acids is 1. The highest BCUT2D eigenvalue weighted by atomic mass is 35.5. The highest BCUT2D eigenvalue weighted by Gasteiger charge is 2.38. The van der Waals surface area contributed by atoms with Crippen molar-refractivity contribution in [3.8, 4) is 0 Å². The number of thiazole rings is 1. The van der Waals surface area contributed by atoms with Gasteiger partial charge in [-0.3, -0.25) is 4.79 Å². The lowest BCUT2D eigenvalue weighted by molar-refractivity contribution is -0.122. The number of hydrogen-bond donors (Lipinski definition) is 0. The number of rotatable bonds is 7. The van der Waals surface area contributed by atoms with Crippen molar-refractivity contribution in [1.29, 1.82) is 0 Å². The van der Waals surface area contributed by atoms with Gasteiger partial charge in [0.05, 0.1) is 21.2 Å². The van der Waals surface area contributed by atoms with E-state index in [1.807, 2.05) is 6.92 Å². The number of thiophene rings is 1. The van der Waals surface area contributed by atoms with Gasteiger partial charge in [-0.1, -0.05) is 35.4 Å². The van der Waals surface area contributed by atoms with Crippen LogP contribution in [0.2, 0.25) is 4.34 Å². The number of piperidine rings is 1. The third-order valence-corrected chi connectivity index (χ3v) is 10.0. The van der Waals surface area contributed by atoms with Crippen LogP contribution in [-0.2, 0) is 26.1 Å². The van der Waals surface area contributed by atoms with E-state index in [2.05, 4.69) is 4.99 Å². The van der Waals surface area contributed by atoms with E-state index in [4.69, 9.17) is 16.3 Å². The molecule has 0 unspecified atom stereocenters. The molecule has 7 nitrogen and oxygen atoms in total. The van der Waals surface area contributed by atoms with Gasteiger partial charge in [0.25, 0.3) is 15.9 Å². The van der Waals surface area contributed by atoms with E-state index >= 15 is 0 Å². The summed E-state index contributed by atoms with van der Waals surface area (Å²) in [6.45, 7) is 3.26. The average molecular weight is 532 g/mol. The molecule has 0 saturated carbocycles. The smallest absolute Gasteiger partial charge is 0.266 e. The minimum atomic E-state index is -3.88. The van der Waals surface area contributed by atoms with Gasteiger partial charge >= 0.3 is 0 Å². The van der Waals surface area contributed by atoms with Gasteiger partial charge < -0.3 is 9.30 Å². The summed E-state index contributed by atoms with van der Waals surface area (Å²) in [6, 6.07) is 6.79. The summed E-state index contributed by atoms with van der Waals surface area (Å²) in [7, 11) is -3.88. The van der Waals surface area contributed by atoms with E-state index in [0.717, 1.165) is 11.3 Å². The molecule has 0 aliphatic carbocycles. The number of carbonyl (C=O) groups is 1. The van der Waals surface area contributed by atoms with Crippen LogP contribution in [0.5, 0.6) is 0 Å². The van der Waals surface area contributed by atoms with Crippen LogP contribution in [0.4, 0.5) is 4.39 Å². The Labute approximate surface area is 204 Å². The van der Waals surface area contributed by atoms with Crippen LogP contribution in [0, 0.1) is 5.82 Å². The van der Waals surface area contributed by atoms with E-state index in [1.165, 1.54) is 33.8 Å². The maximum atomic E-state index is 14.6. The average Bonchev–Trinajstić information content (AvgIpc) is 3.39. The molecule has 12 heteroatoms. The first-order valence-corrected chi connectivity index (χ1v) is 14.0. The molecule has 0 bridgehead atoms. The van der Waals surface area contributed by atoms with Gasteiger partial charge in [0.2, 0.25) is 0 Å². The summed E-state index contributed by atoms with van der Waals surface area (Å²) in [5, 5.41) is 0. The maximum absolute atomic E-state index is 14.6. The van der Waals surface area contributed by atoms with Crippen molar-refractivity contribution >= 4 is 60.4 Å². The van der Waals surface area contributed by atoms with Crippen LogP contribution < -0.4 is 4.80 Å². The van der Waals surface area contributed by atoms with Gasteiger partial charge in [-0.15, -0.1) is 11.3 Å². The standard InChI is InChI=1S/C21H23ClFN3O4S3/c1-2-30-13-12-25-19-14(23)6-5-8-16(19)31-21(25)24-20(27)15-7-3-4-11-26(15)33(28,29)18-10-9-17(22)32-18/h5-6,8-10,15H,2-4,7,11-13H2,1H3/t15-/m0/s1. The Morgan fingerprint density at radius 2 is 2.09 bits per heavy atom. The molecule has 33 heavy (non-hydrogen) atoms. The second-order valence-electron chi connectivity index (χ2n) is 7.46. The molecule has 1 aliphatic heterocycles. The molecule has 2 aromatic heterocycles. The largest absolute Gasteiger partial charge is 0.380 e. The number of ether oxygens (including phenoxy) is 1. The predicted octanol–water partition coefficient (Wildman–Crippen LogP) is 4.26. The summed E-state index contributed by atoms with van der Waals surface area (Å²) < 4.78 is 50.4. The summed E-state index contributed by atoms with van der Waals surface area (Å²) in [4.78, 5) is 17.9. The zero-order valence-corrected chi connectivity index (χ0v) is 21.1. The summed E-state index contributed by atoms with van der Waals surface area (Å²) in [5.74, 6) is -0.969. The van der Waals surface area contributed by atoms with Crippen molar-refractivity contribution in [2.75, 3.05) is 19.8 Å². The highest BCUT2D eigenvalue weighted by molar-refractivity contribution is 7.91. The number of hydrogen-bond acceptors (Lipinski definition) is 6. The fourth-order valence-corrected chi connectivity index (χ4v) is 8.18. The molecule has 0 N–H and O–H groups in total. The number of para-hydroxylation sites is 1. The maximum Gasteiger partial charge on any atom is 0.266 e. The number of benzene rings is 1. The first kappa shape index (κ1) is 24.5. The lowest BCUT2D eigenvalue weighted by Gasteiger charge is -2.31. The van der Waals surface area contributed by atoms with Gasteiger partial charge in [-0.05, 0) is 44.0 Å². The SMILES string of the molecule is CCOCCn1c(=NC(=O)[C@@H]2CCCCN2S(=O)(=O)c2ccc(Cl)s2)sc2cccc(F)c21. The normalized spacial score (nSPS) is 18.3. The fourth-order valence-electron chi connectivity index (χ4n) is 3.84. The van der Waals surface area contributed by atoms with Gasteiger partial charge in [0, 0.05) is 19.7 Å². The molecule has 1 saturated heterocycles. The number of sulfonamides is 1. The minimum absolute atomic E-state index is 0.0999. The van der Waals surface area contributed by atoms with Gasteiger partial charge in [-0.2, -0.15) is 9.30 Å². The molecule has 1 aliphatic rings. The topological polar surface area (TPSA) is 81.0 Å². The van der Waals surface area contributed by atoms with Crippen LogP contribution in [0.1, 0.15) is 26.2 Å². The molecule has 4 rings (SSSR count). The quantitative estimate of drug-likeness (QED) is 0.426. The van der Waals surface area contributed by atoms with E-state index < -0.39 is 27.8 Å². The Hall–Kier alpha value is -1.63. The highest BCUT2D eigenvalue weighted by Crippen LogP contribution is 2.32. The number of nitrogens with zero attached hydrogens (tertiary/aromatic N) is 3. The minimum Gasteiger partial charge on any atom is -0.380 e. The van der Waals surface area contributed by atoms with Crippen molar-refractivity contribution < 1.29 is 22.3 Å². The molecule has 178 valence electrons. The summed E-state index contributed by atoms with van der Waals surface area (Å²) in [5.41, 5.74) is 0.357. The monoisotopic (exact) mass is 531 g/mol. The van der Waals surface area contributed by atoms with Crippen LogP contribution in [0.25, 0.3) is 10.2 Å². The molecule has 3 aromatic rings. The zero-order valence-electron chi connectivity index (χ0n) is 17.9. The lowest BCUT2D eigenvalue weighted by atomic mass is 10.0. The Bertz CT molecular complexity index is 1330. The molecule has 1 aromatic carbocycles. The molecule has 3 heterocycles. The summed E-state index contributed by atoms with van der Waals surface area (Å²) >= 11 is 8.09. The van der Waals surface area contributed by atoms with E-state index in [0.29, 0.717) is 58.4 Å². The molecular formula is C21H23ClFN3O4S3. The van der Waals surface area contributed by atoms with Gasteiger partial charge in [-0.25, -0.2) is 12.8 Å². The third kappa shape index (κ3) is 5.08. The molecule has 0 spiro atoms.